The number of aliphatic hydroxyl groups is 1. The minimum absolute atomic E-state index is 0.0588. The van der Waals surface area contributed by atoms with Crippen molar-refractivity contribution < 1.29 is 9.90 Å². The minimum Gasteiger partial charge on any atom is -0.391 e. The number of carbonyl (C=O) groups is 1. The molecule has 2 saturated carbocycles. The Bertz CT molecular complexity index is 288. The standard InChI is InChI=1S/C13H24N2O2S/c1-18-10-7-6-9(8-10)14-13(17)15-11-4-2-3-5-12(11)16/h9-12,16H,2-8H2,1H3,(H2,14,15,17). The van der Waals surface area contributed by atoms with Crippen LogP contribution in [0.1, 0.15) is 44.9 Å². The van der Waals surface area contributed by atoms with Crippen molar-refractivity contribution in [3.05, 3.63) is 0 Å². The van der Waals surface area contributed by atoms with Crippen LogP contribution in [0, 0.1) is 0 Å². The van der Waals surface area contributed by atoms with Gasteiger partial charge in [-0.3, -0.25) is 0 Å². The highest BCUT2D eigenvalue weighted by Crippen LogP contribution is 2.28. The van der Waals surface area contributed by atoms with Crippen LogP contribution in [0.25, 0.3) is 0 Å². The number of rotatable bonds is 3. The van der Waals surface area contributed by atoms with Gasteiger partial charge in [-0.25, -0.2) is 4.79 Å². The van der Waals surface area contributed by atoms with Crippen LogP contribution in [0.5, 0.6) is 0 Å². The molecule has 18 heavy (non-hydrogen) atoms. The van der Waals surface area contributed by atoms with Crippen LogP contribution in [0.4, 0.5) is 4.79 Å². The summed E-state index contributed by atoms with van der Waals surface area (Å²) in [7, 11) is 0. The first kappa shape index (κ1) is 14.0. The normalized spacial score (nSPS) is 36.3. The van der Waals surface area contributed by atoms with Crippen LogP contribution >= 0.6 is 11.8 Å². The first-order valence-corrected chi connectivity index (χ1v) is 8.25. The van der Waals surface area contributed by atoms with E-state index < -0.39 is 0 Å². The number of nitrogens with one attached hydrogen (secondary N) is 2. The van der Waals surface area contributed by atoms with Crippen LogP contribution in [0.2, 0.25) is 0 Å². The summed E-state index contributed by atoms with van der Waals surface area (Å²) < 4.78 is 0. The fourth-order valence-corrected chi connectivity index (χ4v) is 3.76. The molecule has 0 aliphatic heterocycles. The Labute approximate surface area is 113 Å². The Kier molecular flexibility index (Phi) is 5.18. The van der Waals surface area contributed by atoms with Crippen LogP contribution < -0.4 is 10.6 Å². The molecular weight excluding hydrogens is 248 g/mol. The molecule has 104 valence electrons. The summed E-state index contributed by atoms with van der Waals surface area (Å²) in [6.45, 7) is 0. The predicted molar refractivity (Wildman–Crippen MR) is 74.9 cm³/mol. The summed E-state index contributed by atoms with van der Waals surface area (Å²) >= 11 is 1.89. The lowest BCUT2D eigenvalue weighted by atomic mass is 9.93. The summed E-state index contributed by atoms with van der Waals surface area (Å²) in [5, 5.41) is 16.5. The zero-order valence-electron chi connectivity index (χ0n) is 11.0. The lowest BCUT2D eigenvalue weighted by Crippen LogP contribution is -2.50. The number of carbonyl (C=O) groups excluding carboxylic acids is 1. The average molecular weight is 272 g/mol. The maximum absolute atomic E-state index is 11.9. The van der Waals surface area contributed by atoms with Crippen molar-refractivity contribution in [2.75, 3.05) is 6.26 Å². The van der Waals surface area contributed by atoms with Gasteiger partial charge in [-0.05, 0) is 38.4 Å². The Morgan fingerprint density at radius 1 is 1.17 bits per heavy atom. The topological polar surface area (TPSA) is 61.4 Å². The van der Waals surface area contributed by atoms with Crippen LogP contribution in [0.15, 0.2) is 0 Å². The van der Waals surface area contributed by atoms with Crippen molar-refractivity contribution >= 4 is 17.8 Å². The van der Waals surface area contributed by atoms with E-state index in [9.17, 15) is 9.90 Å². The van der Waals surface area contributed by atoms with Gasteiger partial charge in [-0.1, -0.05) is 12.8 Å². The third kappa shape index (κ3) is 3.79. The van der Waals surface area contributed by atoms with E-state index in [-0.39, 0.29) is 18.2 Å². The first-order valence-electron chi connectivity index (χ1n) is 6.97. The molecule has 0 heterocycles. The molecule has 0 aromatic rings. The summed E-state index contributed by atoms with van der Waals surface area (Å²) in [6, 6.07) is 0.146. The number of thioether (sulfide) groups is 1. The number of amides is 2. The second-order valence-corrected chi connectivity index (χ2v) is 6.58. The van der Waals surface area contributed by atoms with Gasteiger partial charge >= 0.3 is 6.03 Å². The van der Waals surface area contributed by atoms with E-state index in [1.165, 1.54) is 6.42 Å². The highest BCUT2D eigenvalue weighted by atomic mass is 32.2. The van der Waals surface area contributed by atoms with E-state index in [1.54, 1.807) is 0 Å². The van der Waals surface area contributed by atoms with Gasteiger partial charge in [-0.15, -0.1) is 0 Å². The second kappa shape index (κ2) is 6.66. The molecule has 0 saturated heterocycles. The van der Waals surface area contributed by atoms with Crippen molar-refractivity contribution in [2.45, 2.75) is 68.4 Å². The van der Waals surface area contributed by atoms with Crippen LogP contribution in [-0.4, -0.2) is 40.8 Å². The third-order valence-corrected chi connectivity index (χ3v) is 5.19. The maximum atomic E-state index is 11.9. The quantitative estimate of drug-likeness (QED) is 0.735. The first-order chi connectivity index (χ1) is 8.69. The Morgan fingerprint density at radius 2 is 1.94 bits per heavy atom. The summed E-state index contributed by atoms with van der Waals surface area (Å²) in [6.07, 6.45) is 8.97. The molecule has 2 rings (SSSR count). The van der Waals surface area contributed by atoms with E-state index in [4.69, 9.17) is 0 Å². The monoisotopic (exact) mass is 272 g/mol. The van der Waals surface area contributed by atoms with E-state index in [1.807, 2.05) is 11.8 Å². The summed E-state index contributed by atoms with van der Waals surface area (Å²) in [5.41, 5.74) is 0. The fourth-order valence-electron chi connectivity index (χ4n) is 2.96. The lowest BCUT2D eigenvalue weighted by Gasteiger charge is -2.28. The van der Waals surface area contributed by atoms with E-state index >= 15 is 0 Å². The molecule has 2 amide bonds. The van der Waals surface area contributed by atoms with Gasteiger partial charge in [-0.2, -0.15) is 11.8 Å². The SMILES string of the molecule is CSC1CCC(NC(=O)NC2CCCCC2O)C1. The highest BCUT2D eigenvalue weighted by molar-refractivity contribution is 7.99. The largest absolute Gasteiger partial charge is 0.391 e. The average Bonchev–Trinajstić information content (AvgIpc) is 2.80. The molecular formula is C13H24N2O2S. The number of hydrogen-bond acceptors (Lipinski definition) is 3. The van der Waals surface area contributed by atoms with Gasteiger partial charge in [0.15, 0.2) is 0 Å². The molecule has 0 bridgehead atoms. The van der Waals surface area contributed by atoms with Gasteiger partial charge in [0.05, 0.1) is 12.1 Å². The number of aliphatic hydroxyl groups excluding tert-OH is 1. The van der Waals surface area contributed by atoms with Crippen LogP contribution in [-0.2, 0) is 0 Å². The van der Waals surface area contributed by atoms with Crippen molar-refractivity contribution in [3.8, 4) is 0 Å². The smallest absolute Gasteiger partial charge is 0.315 e. The zero-order valence-corrected chi connectivity index (χ0v) is 11.8. The van der Waals surface area contributed by atoms with Gasteiger partial charge < -0.3 is 15.7 Å². The maximum Gasteiger partial charge on any atom is 0.315 e. The molecule has 5 heteroatoms. The number of hydrogen-bond donors (Lipinski definition) is 3. The van der Waals surface area contributed by atoms with Crippen molar-refractivity contribution in [1.29, 1.82) is 0 Å². The molecule has 0 aromatic carbocycles. The second-order valence-electron chi connectivity index (χ2n) is 5.44. The van der Waals surface area contributed by atoms with E-state index in [2.05, 4.69) is 16.9 Å². The van der Waals surface area contributed by atoms with Gasteiger partial charge in [0.1, 0.15) is 0 Å². The molecule has 3 N–H and O–H groups in total. The minimum atomic E-state index is -0.368. The Morgan fingerprint density at radius 3 is 2.61 bits per heavy atom. The molecule has 4 unspecified atom stereocenters. The van der Waals surface area contributed by atoms with Crippen molar-refractivity contribution in [3.63, 3.8) is 0 Å². The van der Waals surface area contributed by atoms with Crippen molar-refractivity contribution in [2.24, 2.45) is 0 Å². The molecule has 0 radical (unpaired) electrons. The Hall–Kier alpha value is -0.420. The zero-order chi connectivity index (χ0) is 13.0. The summed E-state index contributed by atoms with van der Waals surface area (Å²) in [4.78, 5) is 11.9. The van der Waals surface area contributed by atoms with E-state index in [0.29, 0.717) is 11.3 Å². The highest BCUT2D eigenvalue weighted by Gasteiger charge is 2.28. The molecule has 4 nitrogen and oxygen atoms in total. The predicted octanol–water partition coefficient (Wildman–Crippen LogP) is 1.87. The van der Waals surface area contributed by atoms with Gasteiger partial charge in [0.25, 0.3) is 0 Å². The number of urea groups is 1. The molecule has 0 aromatic heterocycles. The van der Waals surface area contributed by atoms with Gasteiger partial charge in [0, 0.05) is 11.3 Å². The summed E-state index contributed by atoms with van der Waals surface area (Å²) in [5.74, 6) is 0. The third-order valence-electron chi connectivity index (χ3n) is 4.10. The molecule has 0 spiro atoms. The van der Waals surface area contributed by atoms with Crippen molar-refractivity contribution in [1.82, 2.24) is 10.6 Å². The van der Waals surface area contributed by atoms with Crippen LogP contribution in [0.3, 0.4) is 0 Å². The fraction of sp³-hybridized carbons (Fsp3) is 0.923. The molecule has 2 aliphatic carbocycles. The molecule has 4 atom stereocenters. The lowest BCUT2D eigenvalue weighted by molar-refractivity contribution is 0.0940. The van der Waals surface area contributed by atoms with Gasteiger partial charge in [0.2, 0.25) is 0 Å². The molecule has 2 fully saturated rings. The molecule has 2 aliphatic rings. The van der Waals surface area contributed by atoms with E-state index in [0.717, 1.165) is 38.5 Å². The Balaban J connectivity index is 1.71.